The van der Waals surface area contributed by atoms with Crippen molar-refractivity contribution in [1.29, 1.82) is 0 Å². The Morgan fingerprint density at radius 3 is 2.30 bits per heavy atom. The zero-order chi connectivity index (χ0) is 17.0. The Hall–Kier alpha value is -2.53. The van der Waals surface area contributed by atoms with Crippen LogP contribution in [0.5, 0.6) is 5.75 Å². The average Bonchev–Trinajstić information content (AvgIpc) is 2.47. The second kappa shape index (κ2) is 7.15. The molecule has 0 atom stereocenters. The lowest BCUT2D eigenvalue weighted by Gasteiger charge is -2.10. The molecule has 1 amide bonds. The van der Waals surface area contributed by atoms with Gasteiger partial charge in [0.2, 0.25) is 0 Å². The van der Waals surface area contributed by atoms with Crippen LogP contribution >= 0.6 is 11.6 Å². The van der Waals surface area contributed by atoms with Crippen molar-refractivity contribution in [1.82, 2.24) is 0 Å². The van der Waals surface area contributed by atoms with Crippen LogP contribution in [0, 0.1) is 0 Å². The average molecular weight is 334 g/mol. The molecule has 2 rings (SSSR count). The van der Waals surface area contributed by atoms with Gasteiger partial charge in [-0.1, -0.05) is 11.6 Å². The number of rotatable bonds is 5. The predicted octanol–water partition coefficient (Wildman–Crippen LogP) is 4.08. The van der Waals surface area contributed by atoms with Crippen molar-refractivity contribution in [2.75, 3.05) is 5.32 Å². The van der Waals surface area contributed by atoms with E-state index in [2.05, 4.69) is 5.32 Å². The number of anilines is 1. The van der Waals surface area contributed by atoms with E-state index >= 15 is 0 Å². The van der Waals surface area contributed by atoms with Gasteiger partial charge < -0.3 is 15.2 Å². The van der Waals surface area contributed by atoms with Crippen molar-refractivity contribution >= 4 is 29.2 Å². The van der Waals surface area contributed by atoms with Gasteiger partial charge in [-0.25, -0.2) is 4.79 Å². The second-order valence-electron chi connectivity index (χ2n) is 5.14. The molecule has 0 radical (unpaired) electrons. The molecule has 0 aromatic heterocycles. The number of hydrogen-bond acceptors (Lipinski definition) is 3. The number of carbonyl (C=O) groups is 2. The van der Waals surface area contributed by atoms with Crippen LogP contribution in [0.25, 0.3) is 0 Å². The van der Waals surface area contributed by atoms with E-state index < -0.39 is 5.97 Å². The molecule has 0 unspecified atom stereocenters. The van der Waals surface area contributed by atoms with Crippen LogP contribution in [-0.4, -0.2) is 23.1 Å². The van der Waals surface area contributed by atoms with Crippen molar-refractivity contribution in [3.8, 4) is 5.75 Å². The standard InChI is InChI=1S/C17H16ClNO4/c1-10(2)23-13-6-3-11(4-7-13)16(20)19-12-5-8-14(17(21)22)15(18)9-12/h3-10H,1-2H3,(H,19,20)(H,21,22). The highest BCUT2D eigenvalue weighted by molar-refractivity contribution is 6.33. The first kappa shape index (κ1) is 16.8. The van der Waals surface area contributed by atoms with Crippen molar-refractivity contribution in [2.24, 2.45) is 0 Å². The monoisotopic (exact) mass is 333 g/mol. The number of ether oxygens (including phenoxy) is 1. The lowest BCUT2D eigenvalue weighted by molar-refractivity contribution is 0.0697. The lowest BCUT2D eigenvalue weighted by Crippen LogP contribution is -2.12. The maximum absolute atomic E-state index is 12.2. The molecule has 5 nitrogen and oxygen atoms in total. The number of nitrogens with one attached hydrogen (secondary N) is 1. The van der Waals surface area contributed by atoms with E-state index in [-0.39, 0.29) is 22.6 Å². The van der Waals surface area contributed by atoms with Crippen molar-refractivity contribution < 1.29 is 19.4 Å². The van der Waals surface area contributed by atoms with Gasteiger partial charge in [0.15, 0.2) is 0 Å². The molecule has 0 aliphatic rings. The Morgan fingerprint density at radius 1 is 1.13 bits per heavy atom. The molecular weight excluding hydrogens is 318 g/mol. The lowest BCUT2D eigenvalue weighted by atomic mass is 10.1. The summed E-state index contributed by atoms with van der Waals surface area (Å²) in [6, 6.07) is 11.0. The number of carbonyl (C=O) groups excluding carboxylic acids is 1. The van der Waals surface area contributed by atoms with Crippen LogP contribution < -0.4 is 10.1 Å². The molecule has 120 valence electrons. The summed E-state index contributed by atoms with van der Waals surface area (Å²) in [5.74, 6) is -0.751. The second-order valence-corrected chi connectivity index (χ2v) is 5.55. The van der Waals surface area contributed by atoms with Crippen LogP contribution in [0.15, 0.2) is 42.5 Å². The topological polar surface area (TPSA) is 75.6 Å². The zero-order valence-electron chi connectivity index (χ0n) is 12.7. The molecule has 2 N–H and O–H groups in total. The Morgan fingerprint density at radius 2 is 1.78 bits per heavy atom. The van der Waals surface area contributed by atoms with Gasteiger partial charge in [-0.15, -0.1) is 0 Å². The third-order valence-electron chi connectivity index (χ3n) is 2.95. The van der Waals surface area contributed by atoms with Gasteiger partial charge in [0.05, 0.1) is 16.7 Å². The molecule has 0 bridgehead atoms. The Kier molecular flexibility index (Phi) is 5.24. The maximum atomic E-state index is 12.2. The minimum absolute atomic E-state index is 0.0140. The SMILES string of the molecule is CC(C)Oc1ccc(C(=O)Nc2ccc(C(=O)O)c(Cl)c2)cc1. The predicted molar refractivity (Wildman–Crippen MR) is 88.6 cm³/mol. The van der Waals surface area contributed by atoms with Crippen molar-refractivity contribution in [3.63, 3.8) is 0 Å². The Balaban J connectivity index is 2.09. The molecule has 23 heavy (non-hydrogen) atoms. The molecule has 0 saturated carbocycles. The van der Waals surface area contributed by atoms with Gasteiger partial charge in [0, 0.05) is 11.3 Å². The molecule has 0 aliphatic heterocycles. The summed E-state index contributed by atoms with van der Waals surface area (Å²) in [4.78, 5) is 23.1. The van der Waals surface area contributed by atoms with Gasteiger partial charge >= 0.3 is 5.97 Å². The smallest absolute Gasteiger partial charge is 0.337 e. The van der Waals surface area contributed by atoms with E-state index in [0.29, 0.717) is 17.0 Å². The highest BCUT2D eigenvalue weighted by atomic mass is 35.5. The molecule has 0 heterocycles. The first-order valence-electron chi connectivity index (χ1n) is 6.97. The molecule has 0 saturated heterocycles. The molecule has 0 spiro atoms. The summed E-state index contributed by atoms with van der Waals surface area (Å²) in [5, 5.41) is 11.7. The highest BCUT2D eigenvalue weighted by Crippen LogP contribution is 2.22. The Labute approximate surface area is 138 Å². The minimum Gasteiger partial charge on any atom is -0.491 e. The van der Waals surface area contributed by atoms with E-state index in [9.17, 15) is 9.59 Å². The first-order valence-corrected chi connectivity index (χ1v) is 7.35. The number of amides is 1. The van der Waals surface area contributed by atoms with Gasteiger partial charge in [0.1, 0.15) is 5.75 Å². The number of carboxylic acid groups (broad SMARTS) is 1. The van der Waals surface area contributed by atoms with Crippen molar-refractivity contribution in [3.05, 3.63) is 58.6 Å². The fraction of sp³-hybridized carbons (Fsp3) is 0.176. The molecule has 6 heteroatoms. The van der Waals surface area contributed by atoms with E-state index in [1.165, 1.54) is 18.2 Å². The van der Waals surface area contributed by atoms with Crippen LogP contribution in [0.4, 0.5) is 5.69 Å². The van der Waals surface area contributed by atoms with Gasteiger partial charge in [-0.3, -0.25) is 4.79 Å². The normalized spacial score (nSPS) is 10.4. The summed E-state index contributed by atoms with van der Waals surface area (Å²) in [6.45, 7) is 3.84. The van der Waals surface area contributed by atoms with E-state index in [4.69, 9.17) is 21.4 Å². The minimum atomic E-state index is -1.12. The first-order chi connectivity index (χ1) is 10.9. The fourth-order valence-corrected chi connectivity index (χ4v) is 2.19. The van der Waals surface area contributed by atoms with Crippen LogP contribution in [-0.2, 0) is 0 Å². The molecular formula is C17H16ClNO4. The van der Waals surface area contributed by atoms with E-state index in [1.807, 2.05) is 13.8 Å². The summed E-state index contributed by atoms with van der Waals surface area (Å²) in [7, 11) is 0. The van der Waals surface area contributed by atoms with Gasteiger partial charge in [-0.05, 0) is 56.3 Å². The summed E-state index contributed by atoms with van der Waals surface area (Å²) in [6.07, 6.45) is 0.0598. The fourth-order valence-electron chi connectivity index (χ4n) is 1.93. The van der Waals surface area contributed by atoms with E-state index in [1.54, 1.807) is 24.3 Å². The number of hydrogen-bond donors (Lipinski definition) is 2. The van der Waals surface area contributed by atoms with Gasteiger partial charge in [-0.2, -0.15) is 0 Å². The highest BCUT2D eigenvalue weighted by Gasteiger charge is 2.11. The van der Waals surface area contributed by atoms with Crippen LogP contribution in [0.1, 0.15) is 34.6 Å². The summed E-state index contributed by atoms with van der Waals surface area (Å²) >= 11 is 5.87. The van der Waals surface area contributed by atoms with Crippen molar-refractivity contribution in [2.45, 2.75) is 20.0 Å². The van der Waals surface area contributed by atoms with Gasteiger partial charge in [0.25, 0.3) is 5.91 Å². The third-order valence-corrected chi connectivity index (χ3v) is 3.26. The zero-order valence-corrected chi connectivity index (χ0v) is 13.4. The third kappa shape index (κ3) is 4.47. The molecule has 0 aliphatic carbocycles. The summed E-state index contributed by atoms with van der Waals surface area (Å²) < 4.78 is 5.51. The van der Waals surface area contributed by atoms with Crippen LogP contribution in [0.2, 0.25) is 5.02 Å². The number of aromatic carboxylic acids is 1. The van der Waals surface area contributed by atoms with Crippen LogP contribution in [0.3, 0.4) is 0 Å². The molecule has 2 aromatic carbocycles. The molecule has 0 fully saturated rings. The summed E-state index contributed by atoms with van der Waals surface area (Å²) in [5.41, 5.74) is 0.867. The maximum Gasteiger partial charge on any atom is 0.337 e. The molecule has 2 aromatic rings. The van der Waals surface area contributed by atoms with E-state index in [0.717, 1.165) is 0 Å². The quantitative estimate of drug-likeness (QED) is 0.864. The largest absolute Gasteiger partial charge is 0.491 e. The number of carboxylic acids is 1. The number of halogens is 1. The number of benzene rings is 2. The Bertz CT molecular complexity index is 726.